The van der Waals surface area contributed by atoms with E-state index in [1.54, 1.807) is 0 Å². The summed E-state index contributed by atoms with van der Waals surface area (Å²) < 4.78 is 0. The molecular weight excluding hydrogens is 394 g/mol. The largest absolute Gasteiger partial charge is 0.465 e. The van der Waals surface area contributed by atoms with Crippen LogP contribution in [0.2, 0.25) is 0 Å². The fourth-order valence-corrected chi connectivity index (χ4v) is 4.31. The Hall–Kier alpha value is -3.35. The molecule has 3 N–H and O–H groups in total. The van der Waals surface area contributed by atoms with Gasteiger partial charge in [-0.2, -0.15) is 0 Å². The van der Waals surface area contributed by atoms with Gasteiger partial charge in [-0.1, -0.05) is 60.7 Å². The van der Waals surface area contributed by atoms with Crippen LogP contribution in [0.4, 0.5) is 4.79 Å². The molecule has 0 bridgehead atoms. The smallest absolute Gasteiger partial charge is 0.407 e. The zero-order valence-electron chi connectivity index (χ0n) is 17.2. The van der Waals surface area contributed by atoms with E-state index in [0.29, 0.717) is 13.0 Å². The Kier molecular flexibility index (Phi) is 6.21. The van der Waals surface area contributed by atoms with Gasteiger partial charge in [0, 0.05) is 31.6 Å². The van der Waals surface area contributed by atoms with Crippen molar-refractivity contribution >= 4 is 17.9 Å². The lowest BCUT2D eigenvalue weighted by molar-refractivity contribution is -0.133. The lowest BCUT2D eigenvalue weighted by atomic mass is 9.94. The molecule has 1 aliphatic heterocycles. The van der Waals surface area contributed by atoms with E-state index in [4.69, 9.17) is 0 Å². The van der Waals surface area contributed by atoms with E-state index < -0.39 is 17.9 Å². The van der Waals surface area contributed by atoms with E-state index in [2.05, 4.69) is 10.6 Å². The molecular formula is C24H27N3O4. The van der Waals surface area contributed by atoms with Crippen molar-refractivity contribution in [2.24, 2.45) is 11.8 Å². The lowest BCUT2D eigenvalue weighted by Crippen LogP contribution is -2.42. The Labute approximate surface area is 181 Å². The molecule has 0 radical (unpaired) electrons. The van der Waals surface area contributed by atoms with Gasteiger partial charge in [-0.15, -0.1) is 0 Å². The SMILES string of the molecule is O=C(NCCc1ccccc1)C1CN(C(=O)O)CC1C(=O)N[C@@H]1C[C@H]1c1ccccc1. The third-order valence-electron chi connectivity index (χ3n) is 6.17. The molecule has 1 heterocycles. The van der Waals surface area contributed by atoms with Gasteiger partial charge in [-0.05, 0) is 24.0 Å². The first-order valence-corrected chi connectivity index (χ1v) is 10.7. The van der Waals surface area contributed by atoms with Crippen LogP contribution >= 0.6 is 0 Å². The number of nitrogens with one attached hydrogen (secondary N) is 2. The Morgan fingerprint density at radius 3 is 2.16 bits per heavy atom. The van der Waals surface area contributed by atoms with Crippen molar-refractivity contribution in [3.8, 4) is 0 Å². The van der Waals surface area contributed by atoms with E-state index in [1.165, 1.54) is 5.56 Å². The van der Waals surface area contributed by atoms with Gasteiger partial charge in [-0.3, -0.25) is 9.59 Å². The Morgan fingerprint density at radius 1 is 0.903 bits per heavy atom. The molecule has 4 atom stereocenters. The maximum Gasteiger partial charge on any atom is 0.407 e. The van der Waals surface area contributed by atoms with Crippen LogP contribution in [-0.2, 0) is 16.0 Å². The molecule has 1 aliphatic carbocycles. The summed E-state index contributed by atoms with van der Waals surface area (Å²) in [5.74, 6) is -1.59. The zero-order valence-corrected chi connectivity index (χ0v) is 17.2. The second-order valence-corrected chi connectivity index (χ2v) is 8.30. The Morgan fingerprint density at radius 2 is 1.52 bits per heavy atom. The number of amides is 3. The van der Waals surface area contributed by atoms with Gasteiger partial charge >= 0.3 is 6.09 Å². The van der Waals surface area contributed by atoms with Gasteiger partial charge in [0.2, 0.25) is 11.8 Å². The molecule has 2 aliphatic rings. The number of carboxylic acid groups (broad SMARTS) is 1. The number of rotatable bonds is 7. The van der Waals surface area contributed by atoms with Crippen molar-refractivity contribution in [1.29, 1.82) is 0 Å². The summed E-state index contributed by atoms with van der Waals surface area (Å²) in [7, 11) is 0. The summed E-state index contributed by atoms with van der Waals surface area (Å²) in [6.45, 7) is 0.525. The second kappa shape index (κ2) is 9.20. The van der Waals surface area contributed by atoms with Gasteiger partial charge < -0.3 is 20.6 Å². The fourth-order valence-electron chi connectivity index (χ4n) is 4.31. The highest BCUT2D eigenvalue weighted by Gasteiger charge is 2.46. The summed E-state index contributed by atoms with van der Waals surface area (Å²) >= 11 is 0. The normalized spacial score (nSPS) is 24.5. The monoisotopic (exact) mass is 421 g/mol. The predicted molar refractivity (Wildman–Crippen MR) is 115 cm³/mol. The molecule has 2 unspecified atom stereocenters. The average molecular weight is 421 g/mol. The first kappa shape index (κ1) is 20.9. The van der Waals surface area contributed by atoms with E-state index >= 15 is 0 Å². The molecule has 1 saturated carbocycles. The number of nitrogens with zero attached hydrogens (tertiary/aromatic N) is 1. The van der Waals surface area contributed by atoms with Crippen molar-refractivity contribution in [3.05, 3.63) is 71.8 Å². The molecule has 4 rings (SSSR count). The van der Waals surface area contributed by atoms with Crippen molar-refractivity contribution in [3.63, 3.8) is 0 Å². The topological polar surface area (TPSA) is 98.7 Å². The predicted octanol–water partition coefficient (Wildman–Crippen LogP) is 2.24. The second-order valence-electron chi connectivity index (χ2n) is 8.30. The number of likely N-dealkylation sites (tertiary alicyclic amines) is 1. The van der Waals surface area contributed by atoms with Crippen LogP contribution in [0.5, 0.6) is 0 Å². The van der Waals surface area contributed by atoms with Crippen LogP contribution in [-0.4, -0.2) is 53.6 Å². The summed E-state index contributed by atoms with van der Waals surface area (Å²) in [5.41, 5.74) is 2.29. The molecule has 0 aromatic heterocycles. The van der Waals surface area contributed by atoms with Crippen molar-refractivity contribution in [2.45, 2.75) is 24.8 Å². The summed E-state index contributed by atoms with van der Waals surface area (Å²) in [5, 5.41) is 15.3. The molecule has 7 nitrogen and oxygen atoms in total. The molecule has 3 amide bonds. The van der Waals surface area contributed by atoms with E-state index in [0.717, 1.165) is 16.9 Å². The van der Waals surface area contributed by atoms with Crippen LogP contribution in [0.1, 0.15) is 23.5 Å². The van der Waals surface area contributed by atoms with Gasteiger partial charge in [-0.25, -0.2) is 4.79 Å². The highest BCUT2D eigenvalue weighted by atomic mass is 16.4. The first-order valence-electron chi connectivity index (χ1n) is 10.7. The van der Waals surface area contributed by atoms with Crippen LogP contribution < -0.4 is 10.6 Å². The van der Waals surface area contributed by atoms with Crippen molar-refractivity contribution < 1.29 is 19.5 Å². The molecule has 31 heavy (non-hydrogen) atoms. The molecule has 2 fully saturated rings. The Balaban J connectivity index is 1.34. The number of benzene rings is 2. The maximum atomic E-state index is 12.9. The van der Waals surface area contributed by atoms with Crippen molar-refractivity contribution in [1.82, 2.24) is 15.5 Å². The zero-order chi connectivity index (χ0) is 21.8. The minimum absolute atomic E-state index is 0.0376. The molecule has 1 saturated heterocycles. The lowest BCUT2D eigenvalue weighted by Gasteiger charge is -2.17. The molecule has 7 heteroatoms. The third kappa shape index (κ3) is 5.05. The number of hydrogen-bond donors (Lipinski definition) is 3. The quantitative estimate of drug-likeness (QED) is 0.639. The van der Waals surface area contributed by atoms with E-state index in [-0.39, 0.29) is 36.9 Å². The van der Waals surface area contributed by atoms with E-state index in [1.807, 2.05) is 60.7 Å². The van der Waals surface area contributed by atoms with Crippen molar-refractivity contribution in [2.75, 3.05) is 19.6 Å². The summed E-state index contributed by atoms with van der Waals surface area (Å²) in [4.78, 5) is 38.4. The Bertz CT molecular complexity index is 934. The molecule has 0 spiro atoms. The average Bonchev–Trinajstić information content (AvgIpc) is 3.39. The molecule has 162 valence electrons. The number of carbonyl (C=O) groups excluding carboxylic acids is 2. The summed E-state index contributed by atoms with van der Waals surface area (Å²) in [6.07, 6.45) is 0.435. The van der Waals surface area contributed by atoms with Gasteiger partial charge in [0.25, 0.3) is 0 Å². The number of hydrogen-bond acceptors (Lipinski definition) is 3. The highest BCUT2D eigenvalue weighted by Crippen LogP contribution is 2.41. The van der Waals surface area contributed by atoms with Crippen LogP contribution in [0, 0.1) is 11.8 Å². The van der Waals surface area contributed by atoms with Crippen LogP contribution in [0.3, 0.4) is 0 Å². The van der Waals surface area contributed by atoms with E-state index in [9.17, 15) is 19.5 Å². The minimum Gasteiger partial charge on any atom is -0.465 e. The van der Waals surface area contributed by atoms with Gasteiger partial charge in [0.05, 0.1) is 11.8 Å². The third-order valence-corrected chi connectivity index (χ3v) is 6.17. The first-order chi connectivity index (χ1) is 15.0. The minimum atomic E-state index is -1.11. The maximum absolute atomic E-state index is 12.9. The highest BCUT2D eigenvalue weighted by molar-refractivity contribution is 5.90. The summed E-state index contributed by atoms with van der Waals surface area (Å²) in [6, 6.07) is 19.8. The van der Waals surface area contributed by atoms with Gasteiger partial charge in [0.15, 0.2) is 0 Å². The molecule has 2 aromatic carbocycles. The number of carbonyl (C=O) groups is 3. The molecule has 2 aromatic rings. The standard InChI is InChI=1S/C24H27N3O4/c28-22(25-12-11-16-7-3-1-4-8-16)19-14-27(24(30)31)15-20(19)23(29)26-21-13-18(21)17-9-5-2-6-10-17/h1-10,18-21H,11-15H2,(H,25,28)(H,26,29)(H,30,31)/t18-,19?,20?,21+/m0/s1. The fraction of sp³-hybridized carbons (Fsp3) is 0.375. The van der Waals surface area contributed by atoms with Gasteiger partial charge in [0.1, 0.15) is 0 Å². The van der Waals surface area contributed by atoms with Crippen LogP contribution in [0.15, 0.2) is 60.7 Å². The van der Waals surface area contributed by atoms with Crippen LogP contribution in [0.25, 0.3) is 0 Å².